The maximum absolute atomic E-state index is 13.9. The molecule has 0 aromatic heterocycles. The average molecular weight is 493 g/mol. The van der Waals surface area contributed by atoms with E-state index in [1.165, 1.54) is 4.90 Å². The van der Waals surface area contributed by atoms with Crippen LogP contribution in [0.25, 0.3) is 0 Å². The van der Waals surface area contributed by atoms with Crippen molar-refractivity contribution < 1.29 is 28.6 Å². The Morgan fingerprint density at radius 3 is 2.33 bits per heavy atom. The molecular weight excluding hydrogens is 460 g/mol. The van der Waals surface area contributed by atoms with Crippen molar-refractivity contribution in [2.24, 2.45) is 16.7 Å². The molecule has 3 aliphatic rings. The molecule has 2 fully saturated rings. The highest BCUT2D eigenvalue weighted by Gasteiger charge is 2.69. The predicted molar refractivity (Wildman–Crippen MR) is 133 cm³/mol. The third-order valence-corrected chi connectivity index (χ3v) is 8.25. The summed E-state index contributed by atoms with van der Waals surface area (Å²) in [6.45, 7) is 11.0. The van der Waals surface area contributed by atoms with Gasteiger partial charge in [-0.2, -0.15) is 0 Å². The van der Waals surface area contributed by atoms with Crippen LogP contribution >= 0.6 is 0 Å². The first-order valence-electron chi connectivity index (χ1n) is 12.3. The molecule has 36 heavy (non-hydrogen) atoms. The van der Waals surface area contributed by atoms with Crippen LogP contribution in [0.1, 0.15) is 46.6 Å². The number of hydrogen-bond acceptors (Lipinski definition) is 6. The lowest BCUT2D eigenvalue weighted by Gasteiger charge is -2.29. The number of nitrogens with zero attached hydrogens (tertiary/aromatic N) is 2. The number of anilines is 1. The Balaban J connectivity index is 1.45. The Kier molecular flexibility index (Phi) is 5.73. The number of rotatable bonds is 7. The minimum atomic E-state index is -0.880. The third kappa shape index (κ3) is 3.79. The van der Waals surface area contributed by atoms with E-state index in [-0.39, 0.29) is 48.3 Å². The predicted octanol–water partition coefficient (Wildman–Crippen LogP) is 4.16. The summed E-state index contributed by atoms with van der Waals surface area (Å²) in [6, 6.07) is 11.5. The van der Waals surface area contributed by atoms with E-state index in [0.717, 1.165) is 5.56 Å². The van der Waals surface area contributed by atoms with Crippen LogP contribution in [0.2, 0.25) is 0 Å². The second-order valence-electron chi connectivity index (χ2n) is 10.7. The molecule has 5 rings (SSSR count). The lowest BCUT2D eigenvalue weighted by Crippen LogP contribution is -2.46. The molecule has 3 amide bonds. The van der Waals surface area contributed by atoms with Gasteiger partial charge in [0, 0.05) is 12.5 Å². The SMILES string of the molecule is CCOc1ccc(N2C(=O)CC(N(Cc3ccc4c(c3)OCO4)C(=O)C3C(C)(C)C3(C)C)C2=O)cc1. The summed E-state index contributed by atoms with van der Waals surface area (Å²) in [6.07, 6.45) is -0.0596. The first-order chi connectivity index (χ1) is 17.1. The fraction of sp³-hybridized carbons (Fsp3) is 0.464. The normalized spacial score (nSPS) is 21.6. The van der Waals surface area contributed by atoms with Crippen molar-refractivity contribution >= 4 is 23.4 Å². The van der Waals surface area contributed by atoms with Crippen molar-refractivity contribution in [3.05, 3.63) is 48.0 Å². The van der Waals surface area contributed by atoms with Gasteiger partial charge in [0.05, 0.1) is 18.7 Å². The summed E-state index contributed by atoms with van der Waals surface area (Å²) >= 11 is 0. The van der Waals surface area contributed by atoms with E-state index < -0.39 is 11.9 Å². The second-order valence-corrected chi connectivity index (χ2v) is 10.7. The summed E-state index contributed by atoms with van der Waals surface area (Å²) < 4.78 is 16.4. The molecule has 2 aromatic carbocycles. The molecule has 1 aliphatic carbocycles. The molecular formula is C28H32N2O6. The minimum Gasteiger partial charge on any atom is -0.494 e. The van der Waals surface area contributed by atoms with Crippen molar-refractivity contribution in [2.75, 3.05) is 18.3 Å². The lowest BCUT2D eigenvalue weighted by molar-refractivity contribution is -0.141. The number of carbonyl (C=O) groups is 3. The van der Waals surface area contributed by atoms with Gasteiger partial charge in [-0.3, -0.25) is 14.4 Å². The number of fused-ring (bicyclic) bond motifs is 1. The fourth-order valence-electron chi connectivity index (χ4n) is 5.55. The van der Waals surface area contributed by atoms with E-state index in [0.29, 0.717) is 29.5 Å². The summed E-state index contributed by atoms with van der Waals surface area (Å²) in [5.41, 5.74) is 0.858. The van der Waals surface area contributed by atoms with Crippen LogP contribution in [0.5, 0.6) is 17.2 Å². The molecule has 2 aliphatic heterocycles. The van der Waals surface area contributed by atoms with Gasteiger partial charge < -0.3 is 19.1 Å². The molecule has 1 saturated heterocycles. The monoisotopic (exact) mass is 492 g/mol. The van der Waals surface area contributed by atoms with Crippen LogP contribution in [0.4, 0.5) is 5.69 Å². The Morgan fingerprint density at radius 1 is 1.03 bits per heavy atom. The summed E-state index contributed by atoms with van der Waals surface area (Å²) in [4.78, 5) is 43.4. The molecule has 2 heterocycles. The molecule has 8 heteroatoms. The molecule has 1 atom stereocenters. The van der Waals surface area contributed by atoms with E-state index in [1.54, 1.807) is 35.2 Å². The average Bonchev–Trinajstić information content (AvgIpc) is 3.20. The van der Waals surface area contributed by atoms with Gasteiger partial charge in [0.2, 0.25) is 18.6 Å². The molecule has 1 saturated carbocycles. The molecule has 2 aromatic rings. The van der Waals surface area contributed by atoms with Crippen LogP contribution in [-0.2, 0) is 20.9 Å². The van der Waals surface area contributed by atoms with E-state index in [1.807, 2.05) is 19.1 Å². The topological polar surface area (TPSA) is 85.4 Å². The van der Waals surface area contributed by atoms with Crippen LogP contribution in [0, 0.1) is 16.7 Å². The zero-order valence-electron chi connectivity index (χ0n) is 21.4. The van der Waals surface area contributed by atoms with Gasteiger partial charge in [0.15, 0.2) is 11.5 Å². The number of imide groups is 1. The molecule has 0 bridgehead atoms. The lowest BCUT2D eigenvalue weighted by atomic mass is 10.0. The Hall–Kier alpha value is -3.55. The second kappa shape index (κ2) is 8.54. The molecule has 1 unspecified atom stereocenters. The maximum Gasteiger partial charge on any atom is 0.257 e. The minimum absolute atomic E-state index is 0.0596. The smallest absolute Gasteiger partial charge is 0.257 e. The number of hydrogen-bond donors (Lipinski definition) is 0. The highest BCUT2D eigenvalue weighted by atomic mass is 16.7. The Morgan fingerprint density at radius 2 is 1.69 bits per heavy atom. The van der Waals surface area contributed by atoms with Crippen LogP contribution < -0.4 is 19.1 Å². The van der Waals surface area contributed by atoms with Gasteiger partial charge in [-0.15, -0.1) is 0 Å². The zero-order valence-corrected chi connectivity index (χ0v) is 21.4. The summed E-state index contributed by atoms with van der Waals surface area (Å²) in [5, 5.41) is 0. The van der Waals surface area contributed by atoms with Crippen molar-refractivity contribution in [3.8, 4) is 17.2 Å². The van der Waals surface area contributed by atoms with Gasteiger partial charge in [0.25, 0.3) is 5.91 Å². The van der Waals surface area contributed by atoms with E-state index in [9.17, 15) is 14.4 Å². The van der Waals surface area contributed by atoms with E-state index in [4.69, 9.17) is 14.2 Å². The zero-order chi connectivity index (χ0) is 25.8. The Labute approximate surface area is 211 Å². The van der Waals surface area contributed by atoms with Crippen LogP contribution in [0.3, 0.4) is 0 Å². The van der Waals surface area contributed by atoms with Gasteiger partial charge in [0.1, 0.15) is 11.8 Å². The van der Waals surface area contributed by atoms with Gasteiger partial charge >= 0.3 is 0 Å². The molecule has 0 radical (unpaired) electrons. The maximum atomic E-state index is 13.9. The van der Waals surface area contributed by atoms with E-state index in [2.05, 4.69) is 27.7 Å². The first kappa shape index (κ1) is 24.2. The summed E-state index contributed by atoms with van der Waals surface area (Å²) in [7, 11) is 0. The van der Waals surface area contributed by atoms with Crippen molar-refractivity contribution in [3.63, 3.8) is 0 Å². The first-order valence-corrected chi connectivity index (χ1v) is 12.3. The van der Waals surface area contributed by atoms with Gasteiger partial charge in [-0.05, 0) is 59.7 Å². The van der Waals surface area contributed by atoms with Gasteiger partial charge in [-0.25, -0.2) is 4.90 Å². The Bertz CT molecular complexity index is 1210. The largest absolute Gasteiger partial charge is 0.494 e. The van der Waals surface area contributed by atoms with Crippen LogP contribution in [-0.4, -0.2) is 42.1 Å². The van der Waals surface area contributed by atoms with Gasteiger partial charge in [-0.1, -0.05) is 33.8 Å². The van der Waals surface area contributed by atoms with Crippen molar-refractivity contribution in [1.29, 1.82) is 0 Å². The third-order valence-electron chi connectivity index (χ3n) is 8.25. The van der Waals surface area contributed by atoms with Crippen molar-refractivity contribution in [2.45, 2.75) is 53.6 Å². The van der Waals surface area contributed by atoms with Crippen LogP contribution in [0.15, 0.2) is 42.5 Å². The van der Waals surface area contributed by atoms with Crippen molar-refractivity contribution in [1.82, 2.24) is 4.90 Å². The van der Waals surface area contributed by atoms with E-state index >= 15 is 0 Å². The number of ether oxygens (including phenoxy) is 3. The number of benzene rings is 2. The standard InChI is InChI=1S/C28H32N2O6/c1-6-34-19-10-8-18(9-11-19)30-23(31)14-20(25(30)32)29(26(33)24-27(2,3)28(24,4)5)15-17-7-12-21-22(13-17)36-16-35-21/h7-13,20,24H,6,14-16H2,1-5H3. The highest BCUT2D eigenvalue weighted by Crippen LogP contribution is 2.69. The summed E-state index contributed by atoms with van der Waals surface area (Å²) in [5.74, 6) is 0.840. The number of carbonyl (C=O) groups excluding carboxylic acids is 3. The highest BCUT2D eigenvalue weighted by molar-refractivity contribution is 6.23. The molecule has 0 spiro atoms. The molecule has 8 nitrogen and oxygen atoms in total. The molecule has 190 valence electrons. The fourth-order valence-corrected chi connectivity index (χ4v) is 5.55. The molecule has 0 N–H and O–H groups in total. The number of amides is 3. The quantitative estimate of drug-likeness (QED) is 0.540.